The van der Waals surface area contributed by atoms with Crippen molar-refractivity contribution >= 4 is 23.2 Å². The van der Waals surface area contributed by atoms with E-state index >= 15 is 0 Å². The minimum absolute atomic E-state index is 0.397. The van der Waals surface area contributed by atoms with Gasteiger partial charge >= 0.3 is 5.69 Å². The maximum absolute atomic E-state index is 12.4. The van der Waals surface area contributed by atoms with E-state index in [1.165, 1.54) is 6.20 Å². The number of ether oxygens (including phenoxy) is 1. The molecule has 3 aromatic rings. The molecule has 0 fully saturated rings. The molecule has 0 bridgehead atoms. The van der Waals surface area contributed by atoms with Gasteiger partial charge in [-0.3, -0.25) is 4.79 Å². The third-order valence-corrected chi connectivity index (χ3v) is 4.29. The Morgan fingerprint density at radius 2 is 2.00 bits per heavy atom. The molecule has 7 nitrogen and oxygen atoms in total. The SMILES string of the molecule is COc1cccc(-c2cnn(C(C)C(=O)Nc3ccccc3Cl)c(=O)n2)c1. The highest BCUT2D eigenvalue weighted by Crippen LogP contribution is 2.22. The molecule has 0 aliphatic heterocycles. The first kappa shape index (κ1) is 18.6. The van der Waals surface area contributed by atoms with Crippen LogP contribution in [0.3, 0.4) is 0 Å². The van der Waals surface area contributed by atoms with Gasteiger partial charge in [-0.15, -0.1) is 0 Å². The molecule has 0 aliphatic carbocycles. The van der Waals surface area contributed by atoms with Crippen LogP contribution in [0, 0.1) is 0 Å². The van der Waals surface area contributed by atoms with Crippen LogP contribution in [0.4, 0.5) is 5.69 Å². The van der Waals surface area contributed by atoms with E-state index in [0.717, 1.165) is 4.68 Å². The van der Waals surface area contributed by atoms with Gasteiger partial charge in [-0.05, 0) is 31.2 Å². The molecule has 0 saturated heterocycles. The lowest BCUT2D eigenvalue weighted by molar-refractivity contribution is -0.119. The van der Waals surface area contributed by atoms with Gasteiger partial charge in [0.1, 0.15) is 11.8 Å². The Bertz CT molecular complexity index is 1040. The van der Waals surface area contributed by atoms with E-state index in [2.05, 4.69) is 15.4 Å². The Hall–Kier alpha value is -3.19. The van der Waals surface area contributed by atoms with Crippen molar-refractivity contribution in [1.82, 2.24) is 14.8 Å². The van der Waals surface area contributed by atoms with Crippen LogP contribution in [0.25, 0.3) is 11.3 Å². The molecular weight excluding hydrogens is 368 g/mol. The lowest BCUT2D eigenvalue weighted by atomic mass is 10.1. The van der Waals surface area contributed by atoms with E-state index in [1.54, 1.807) is 62.6 Å². The van der Waals surface area contributed by atoms with Gasteiger partial charge in [-0.1, -0.05) is 35.9 Å². The van der Waals surface area contributed by atoms with Gasteiger partial charge in [0.25, 0.3) is 0 Å². The number of hydrogen-bond acceptors (Lipinski definition) is 5. The first-order chi connectivity index (χ1) is 13.0. The third-order valence-electron chi connectivity index (χ3n) is 3.96. The van der Waals surface area contributed by atoms with E-state index in [-0.39, 0.29) is 0 Å². The molecule has 27 heavy (non-hydrogen) atoms. The largest absolute Gasteiger partial charge is 0.497 e. The van der Waals surface area contributed by atoms with Crippen molar-refractivity contribution in [2.45, 2.75) is 13.0 Å². The monoisotopic (exact) mass is 384 g/mol. The molecule has 0 radical (unpaired) electrons. The Morgan fingerprint density at radius 3 is 2.70 bits per heavy atom. The number of nitrogens with one attached hydrogen (secondary N) is 1. The minimum Gasteiger partial charge on any atom is -0.497 e. The highest BCUT2D eigenvalue weighted by atomic mass is 35.5. The summed E-state index contributed by atoms with van der Waals surface area (Å²) in [6, 6.07) is 13.1. The fourth-order valence-electron chi connectivity index (χ4n) is 2.45. The molecule has 1 unspecified atom stereocenters. The van der Waals surface area contributed by atoms with Crippen LogP contribution in [0.15, 0.2) is 59.5 Å². The number of hydrogen-bond donors (Lipinski definition) is 1. The highest BCUT2D eigenvalue weighted by Gasteiger charge is 2.19. The Labute approximate surface area is 160 Å². The number of carbonyl (C=O) groups excluding carboxylic acids is 1. The second-order valence-corrected chi connectivity index (χ2v) is 6.15. The molecule has 0 saturated carbocycles. The number of anilines is 1. The summed E-state index contributed by atoms with van der Waals surface area (Å²) in [4.78, 5) is 28.9. The topological polar surface area (TPSA) is 86.1 Å². The fourth-order valence-corrected chi connectivity index (χ4v) is 2.63. The van der Waals surface area contributed by atoms with E-state index in [1.807, 2.05) is 0 Å². The zero-order valence-corrected chi connectivity index (χ0v) is 15.5. The van der Waals surface area contributed by atoms with Crippen LogP contribution in [0.2, 0.25) is 5.02 Å². The number of carbonyl (C=O) groups is 1. The van der Waals surface area contributed by atoms with E-state index in [0.29, 0.717) is 27.7 Å². The van der Waals surface area contributed by atoms with Gasteiger partial charge in [-0.25, -0.2) is 9.48 Å². The first-order valence-corrected chi connectivity index (χ1v) is 8.53. The first-order valence-electron chi connectivity index (χ1n) is 8.15. The predicted octanol–water partition coefficient (Wildman–Crippen LogP) is 3.17. The number of halogens is 1. The number of rotatable bonds is 5. The van der Waals surface area contributed by atoms with Crippen molar-refractivity contribution in [2.75, 3.05) is 12.4 Å². The maximum atomic E-state index is 12.4. The Kier molecular flexibility index (Phi) is 5.52. The number of para-hydroxylation sites is 1. The van der Waals surface area contributed by atoms with Crippen molar-refractivity contribution in [3.8, 4) is 17.0 Å². The average molecular weight is 385 g/mol. The van der Waals surface area contributed by atoms with Crippen LogP contribution in [-0.4, -0.2) is 27.8 Å². The van der Waals surface area contributed by atoms with Crippen LogP contribution in [0.1, 0.15) is 13.0 Å². The zero-order valence-electron chi connectivity index (χ0n) is 14.7. The standard InChI is InChI=1S/C19H17ClN4O3/c1-12(18(25)22-16-9-4-3-8-15(16)20)24-19(26)23-17(11-21-24)13-6-5-7-14(10-13)27-2/h3-12H,1-2H3,(H,22,25). The normalized spacial score (nSPS) is 11.7. The summed E-state index contributed by atoms with van der Waals surface area (Å²) >= 11 is 6.04. The van der Waals surface area contributed by atoms with E-state index in [9.17, 15) is 9.59 Å². The summed E-state index contributed by atoms with van der Waals surface area (Å²) in [7, 11) is 1.56. The lowest BCUT2D eigenvalue weighted by Gasteiger charge is -2.14. The summed E-state index contributed by atoms with van der Waals surface area (Å²) in [5.41, 5.74) is 0.926. The summed E-state index contributed by atoms with van der Waals surface area (Å²) in [5.74, 6) is 0.222. The molecule has 0 spiro atoms. The second kappa shape index (κ2) is 8.01. The molecule has 1 amide bonds. The maximum Gasteiger partial charge on any atom is 0.365 e. The third kappa shape index (κ3) is 4.15. The van der Waals surface area contributed by atoms with Crippen LogP contribution in [0.5, 0.6) is 5.75 Å². The number of benzene rings is 2. The summed E-state index contributed by atoms with van der Waals surface area (Å²) in [5, 5.41) is 7.19. The Balaban J connectivity index is 1.83. The van der Waals surface area contributed by atoms with Gasteiger partial charge in [0.05, 0.1) is 29.7 Å². The van der Waals surface area contributed by atoms with Crippen molar-refractivity contribution in [1.29, 1.82) is 0 Å². The average Bonchev–Trinajstić information content (AvgIpc) is 2.69. The summed E-state index contributed by atoms with van der Waals surface area (Å²) in [6.07, 6.45) is 1.44. The summed E-state index contributed by atoms with van der Waals surface area (Å²) in [6.45, 7) is 1.56. The van der Waals surface area contributed by atoms with Crippen molar-refractivity contribution in [2.24, 2.45) is 0 Å². The fraction of sp³-hybridized carbons (Fsp3) is 0.158. The number of methoxy groups -OCH3 is 1. The molecule has 0 aliphatic rings. The van der Waals surface area contributed by atoms with Crippen LogP contribution < -0.4 is 15.7 Å². The predicted molar refractivity (Wildman–Crippen MR) is 103 cm³/mol. The molecule has 1 atom stereocenters. The number of amides is 1. The van der Waals surface area contributed by atoms with Crippen LogP contribution in [-0.2, 0) is 4.79 Å². The van der Waals surface area contributed by atoms with E-state index < -0.39 is 17.6 Å². The second-order valence-electron chi connectivity index (χ2n) is 5.75. The van der Waals surface area contributed by atoms with Gasteiger partial charge in [0.15, 0.2) is 0 Å². The van der Waals surface area contributed by atoms with E-state index in [4.69, 9.17) is 16.3 Å². The van der Waals surface area contributed by atoms with Crippen molar-refractivity contribution in [3.05, 3.63) is 70.2 Å². The smallest absolute Gasteiger partial charge is 0.365 e. The molecule has 1 heterocycles. The quantitative estimate of drug-likeness (QED) is 0.730. The van der Waals surface area contributed by atoms with Gasteiger partial charge < -0.3 is 10.1 Å². The van der Waals surface area contributed by atoms with Gasteiger partial charge in [0.2, 0.25) is 5.91 Å². The van der Waals surface area contributed by atoms with Gasteiger partial charge in [-0.2, -0.15) is 10.1 Å². The molecule has 3 rings (SSSR count). The Morgan fingerprint density at radius 1 is 1.22 bits per heavy atom. The molecule has 138 valence electrons. The molecule has 8 heteroatoms. The molecule has 1 N–H and O–H groups in total. The molecule has 2 aromatic carbocycles. The van der Waals surface area contributed by atoms with Crippen molar-refractivity contribution < 1.29 is 9.53 Å². The zero-order chi connectivity index (χ0) is 19.4. The molecular formula is C19H17ClN4O3. The minimum atomic E-state index is -0.861. The summed E-state index contributed by atoms with van der Waals surface area (Å²) < 4.78 is 6.19. The molecule has 1 aromatic heterocycles. The van der Waals surface area contributed by atoms with Gasteiger partial charge in [0, 0.05) is 5.56 Å². The number of nitrogens with zero attached hydrogens (tertiary/aromatic N) is 3. The van der Waals surface area contributed by atoms with Crippen molar-refractivity contribution in [3.63, 3.8) is 0 Å². The highest BCUT2D eigenvalue weighted by molar-refractivity contribution is 6.33. The number of aromatic nitrogens is 3. The van der Waals surface area contributed by atoms with Crippen LogP contribution >= 0.6 is 11.6 Å². The lowest BCUT2D eigenvalue weighted by Crippen LogP contribution is -2.34.